The number of nitrogens with two attached hydrogens (primary N) is 2. The molecular weight excluding hydrogens is 945 g/mol. The Morgan fingerprint density at radius 3 is 1.45 bits per heavy atom. The molecule has 340 valence electrons. The van der Waals surface area contributed by atoms with Crippen molar-refractivity contribution in [1.29, 1.82) is 0 Å². The van der Waals surface area contributed by atoms with Gasteiger partial charge in [0.2, 0.25) is 10.0 Å². The van der Waals surface area contributed by atoms with Crippen LogP contribution in [-0.2, 0) is 36.4 Å². The minimum Gasteiger partial charge on any atom is -0.506 e. The fourth-order valence-electron chi connectivity index (χ4n) is 6.29. The fraction of sp³-hybridized carbons (Fsp3) is 0. The normalized spacial score (nSPS) is 11.3. The third kappa shape index (κ3) is 12.0. The second-order valence-corrected chi connectivity index (χ2v) is 16.2. The maximum absolute atomic E-state index is 12.9. The average Bonchev–Trinajstić information content (AvgIpc) is 3.31. The maximum atomic E-state index is 12.9. The van der Waals surface area contributed by atoms with E-state index in [9.17, 15) is 38.4 Å². The van der Waals surface area contributed by atoms with Crippen LogP contribution in [-0.4, -0.2) is 40.7 Å². The number of hydrogen-bond donors (Lipinski definition) is 8. The summed E-state index contributed by atoms with van der Waals surface area (Å²) in [6.45, 7) is 0. The predicted molar refractivity (Wildman–Crippen MR) is 248 cm³/mol. The van der Waals surface area contributed by atoms with Crippen molar-refractivity contribution in [2.24, 2.45) is 31.5 Å². The van der Waals surface area contributed by atoms with Crippen LogP contribution in [0.5, 0.6) is 23.0 Å². The van der Waals surface area contributed by atoms with Gasteiger partial charge >= 0.3 is 0 Å². The number of nitrogens with zero attached hydrogens (tertiary/aromatic N) is 4. The largest absolute Gasteiger partial charge is 0.506 e. The summed E-state index contributed by atoms with van der Waals surface area (Å²) >= 11 is 0.816. The zero-order chi connectivity index (χ0) is 46.8. The van der Waals surface area contributed by atoms with Crippen LogP contribution in [0.3, 0.4) is 0 Å². The van der Waals surface area contributed by atoms with Crippen molar-refractivity contribution in [2.75, 3.05) is 10.6 Å². The van der Waals surface area contributed by atoms with Crippen molar-refractivity contribution in [2.45, 2.75) is 9.79 Å². The van der Waals surface area contributed by atoms with E-state index in [1.54, 1.807) is 103 Å². The van der Waals surface area contributed by atoms with E-state index in [0.717, 1.165) is 30.2 Å². The third-order valence-corrected chi connectivity index (χ3v) is 11.0. The number of amides is 2. The van der Waals surface area contributed by atoms with Gasteiger partial charge in [-0.2, -0.15) is 5.90 Å². The minimum atomic E-state index is -4.03. The molecule has 21 heteroatoms. The van der Waals surface area contributed by atoms with Gasteiger partial charge in [-0.05, 0) is 83.6 Å². The van der Waals surface area contributed by atoms with Gasteiger partial charge in [0.05, 0.1) is 28.1 Å². The molecule has 10 N–H and O–H groups in total. The number of primary sulfonamides is 1. The van der Waals surface area contributed by atoms with Crippen LogP contribution in [0.1, 0.15) is 20.7 Å². The first-order valence-electron chi connectivity index (χ1n) is 19.3. The van der Waals surface area contributed by atoms with Gasteiger partial charge in [-0.3, -0.25) is 9.59 Å². The van der Waals surface area contributed by atoms with E-state index in [-0.39, 0.29) is 73.1 Å². The summed E-state index contributed by atoms with van der Waals surface area (Å²) in [6.07, 6.45) is 0. The predicted octanol–water partition coefficient (Wildman–Crippen LogP) is 10.3. The van der Waals surface area contributed by atoms with E-state index in [1.165, 1.54) is 18.2 Å². The van der Waals surface area contributed by atoms with Gasteiger partial charge in [-0.25, -0.2) is 13.6 Å². The van der Waals surface area contributed by atoms with Crippen LogP contribution in [0.4, 0.5) is 34.1 Å². The van der Waals surface area contributed by atoms with Crippen LogP contribution >= 0.6 is 12.0 Å². The second kappa shape index (κ2) is 22.0. The number of hydrogen-bond acceptors (Lipinski definition) is 16. The molecule has 0 saturated carbocycles. The molecule has 2 amide bonds. The molecule has 8 rings (SSSR count). The number of carbonyl (C=O) groups excluding carboxylic acids is 2. The van der Waals surface area contributed by atoms with E-state index in [2.05, 4.69) is 40.4 Å². The van der Waals surface area contributed by atoms with E-state index >= 15 is 0 Å². The Kier molecular flexibility index (Phi) is 16.0. The van der Waals surface area contributed by atoms with E-state index < -0.39 is 27.6 Å². The van der Waals surface area contributed by atoms with Gasteiger partial charge in [-0.1, -0.05) is 84.9 Å². The first-order chi connectivity index (χ1) is 31.8. The number of phenols is 4. The first-order valence-corrected chi connectivity index (χ1v) is 21.5. The van der Waals surface area contributed by atoms with Gasteiger partial charge in [0.15, 0.2) is 11.5 Å². The minimum absolute atomic E-state index is 0. The molecule has 67 heavy (non-hydrogen) atoms. The van der Waals surface area contributed by atoms with Gasteiger partial charge in [0.1, 0.15) is 34.2 Å². The number of rotatable bonds is 12. The molecule has 0 unspecified atom stereocenters. The molecule has 0 radical (unpaired) electrons. The molecule has 0 fully saturated rings. The van der Waals surface area contributed by atoms with Crippen molar-refractivity contribution in [3.05, 3.63) is 169 Å². The molecule has 0 aliphatic carbocycles. The van der Waals surface area contributed by atoms with Gasteiger partial charge in [-0.15, -0.1) is 29.8 Å². The smallest absolute Gasteiger partial charge is 0.259 e. The Bertz CT molecular complexity index is 3280. The molecular formula is C46H36FeN8O10S2. The van der Waals surface area contributed by atoms with Crippen LogP contribution in [0.2, 0.25) is 0 Å². The summed E-state index contributed by atoms with van der Waals surface area (Å²) < 4.78 is 27.8. The van der Waals surface area contributed by atoms with E-state index in [1.807, 2.05) is 18.2 Å². The Balaban J connectivity index is 0.000000218. The molecule has 0 saturated heterocycles. The van der Waals surface area contributed by atoms with Crippen LogP contribution in [0.15, 0.2) is 188 Å². The summed E-state index contributed by atoms with van der Waals surface area (Å²) in [5.74, 6) is 2.55. The number of carbonyl (C=O) groups is 2. The van der Waals surface area contributed by atoms with Gasteiger partial charge in [0.25, 0.3) is 11.8 Å². The molecule has 0 aromatic heterocycles. The van der Waals surface area contributed by atoms with Gasteiger partial charge in [0, 0.05) is 44.1 Å². The van der Waals surface area contributed by atoms with Crippen LogP contribution in [0, 0.1) is 0 Å². The van der Waals surface area contributed by atoms with Crippen molar-refractivity contribution in [3.8, 4) is 23.0 Å². The standard InChI is InChI=1S/2C23H18N4O5S.Fe/c24-33(31,32)16-10-11-20(28)19(13-16)26-27-21-17-9-5-4-6-14(17)12-18(22(21)29)23(30)25-15-7-2-1-3-8-15;24-31-32-33-16-10-11-20(28)19(13-16)26-27-21-17-9-5-4-6-14(17)12-18(22(21)29)23(30)25-15-7-2-1-3-8-15;/h1-13,28-29H,(H,25,30)(H2,24,31,32);1-13,28-29H,24H2,(H,25,30);. The Morgan fingerprint density at radius 1 is 0.552 bits per heavy atom. The Morgan fingerprint density at radius 2 is 0.985 bits per heavy atom. The summed E-state index contributed by atoms with van der Waals surface area (Å²) in [4.78, 5) is 30.1. The number of nitrogens with one attached hydrogen (secondary N) is 2. The summed E-state index contributed by atoms with van der Waals surface area (Å²) in [7, 11) is -4.03. The zero-order valence-electron chi connectivity index (χ0n) is 34.4. The second-order valence-electron chi connectivity index (χ2n) is 13.8. The molecule has 8 aromatic rings. The summed E-state index contributed by atoms with van der Waals surface area (Å²) in [5, 5.41) is 71.2. The topological polar surface area (TPSA) is 293 Å². The van der Waals surface area contributed by atoms with Gasteiger partial charge < -0.3 is 31.1 Å². The van der Waals surface area contributed by atoms with E-state index in [4.69, 9.17) is 11.0 Å². The maximum Gasteiger partial charge on any atom is 0.259 e. The third-order valence-electron chi connectivity index (χ3n) is 9.45. The molecule has 0 aliphatic rings. The zero-order valence-corrected chi connectivity index (χ0v) is 37.1. The molecule has 0 bridgehead atoms. The average molecular weight is 981 g/mol. The Labute approximate surface area is 396 Å². The van der Waals surface area contributed by atoms with Crippen molar-refractivity contribution >= 4 is 89.5 Å². The SMILES string of the molecule is NOOSc1ccc(O)c(N=Nc2c(O)c(C(=O)Nc3ccccc3)cc3ccccc23)c1.NS(=O)(=O)c1ccc(O)c(N=Nc2c(O)c(C(=O)Nc3ccccc3)cc3ccccc23)c1.[Fe]. The fourth-order valence-corrected chi connectivity index (χ4v) is 7.22. The van der Waals surface area contributed by atoms with Crippen molar-refractivity contribution < 1.29 is 64.8 Å². The quantitative estimate of drug-likeness (QED) is 0.0186. The number of aromatic hydroxyl groups is 4. The number of phenolic OH excluding ortho intramolecular Hbond substituents is 4. The number of para-hydroxylation sites is 2. The summed E-state index contributed by atoms with van der Waals surface area (Å²) in [5.41, 5.74) is 1.14. The first kappa shape index (κ1) is 48.7. The van der Waals surface area contributed by atoms with E-state index in [0.29, 0.717) is 37.8 Å². The number of sulfonamides is 1. The molecule has 0 aliphatic heterocycles. The number of benzene rings is 8. The molecule has 8 aromatic carbocycles. The van der Waals surface area contributed by atoms with Crippen molar-refractivity contribution in [1.82, 2.24) is 0 Å². The van der Waals surface area contributed by atoms with Crippen molar-refractivity contribution in [3.63, 3.8) is 0 Å². The molecule has 0 atom stereocenters. The number of anilines is 2. The summed E-state index contributed by atoms with van der Waals surface area (Å²) in [6, 6.07) is 42.6. The monoisotopic (exact) mass is 980 g/mol. The molecule has 0 spiro atoms. The number of azo groups is 2. The molecule has 18 nitrogen and oxygen atoms in total. The van der Waals surface area contributed by atoms with Crippen LogP contribution < -0.4 is 21.7 Å². The van der Waals surface area contributed by atoms with Crippen LogP contribution in [0.25, 0.3) is 21.5 Å². The Hall–Kier alpha value is -7.72. The number of fused-ring (bicyclic) bond motifs is 2. The molecule has 0 heterocycles.